The van der Waals surface area contributed by atoms with Crippen LogP contribution in [0.4, 0.5) is 11.6 Å². The first-order valence-electron chi connectivity index (χ1n) is 7.80. The van der Waals surface area contributed by atoms with Crippen molar-refractivity contribution in [3.05, 3.63) is 11.9 Å². The van der Waals surface area contributed by atoms with Crippen LogP contribution in [0.5, 0.6) is 0 Å². The Bertz CT molecular complexity index is 450. The largest absolute Gasteiger partial charge is 0.370 e. The lowest BCUT2D eigenvalue weighted by atomic mass is 9.80. The summed E-state index contributed by atoms with van der Waals surface area (Å²) < 4.78 is 0. The maximum absolute atomic E-state index is 4.71. The van der Waals surface area contributed by atoms with E-state index in [0.717, 1.165) is 49.4 Å². The van der Waals surface area contributed by atoms with Gasteiger partial charge >= 0.3 is 0 Å². The minimum absolute atomic E-state index is 0.375. The molecule has 1 aliphatic heterocycles. The van der Waals surface area contributed by atoms with Gasteiger partial charge in [-0.3, -0.25) is 0 Å². The van der Waals surface area contributed by atoms with E-state index < -0.39 is 0 Å². The number of anilines is 2. The minimum Gasteiger partial charge on any atom is -0.370 e. The monoisotopic (exact) mass is 276 g/mol. The van der Waals surface area contributed by atoms with Crippen molar-refractivity contribution < 1.29 is 0 Å². The molecule has 4 heteroatoms. The van der Waals surface area contributed by atoms with Crippen molar-refractivity contribution in [1.82, 2.24) is 9.97 Å². The van der Waals surface area contributed by atoms with Gasteiger partial charge in [-0.15, -0.1) is 0 Å². The highest BCUT2D eigenvalue weighted by molar-refractivity contribution is 5.50. The smallest absolute Gasteiger partial charge is 0.134 e. The van der Waals surface area contributed by atoms with Gasteiger partial charge < -0.3 is 10.2 Å². The third-order valence-corrected chi connectivity index (χ3v) is 4.17. The maximum Gasteiger partial charge on any atom is 0.134 e. The van der Waals surface area contributed by atoms with Crippen molar-refractivity contribution in [3.8, 4) is 0 Å². The molecule has 1 aliphatic rings. The standard InChI is InChI=1S/C16H28N4/c1-6-13-18-14(17-7-2)10-15(19-13)20-9-8-12(11-20)16(3,4)5/h10,12H,6-9,11H2,1-5H3,(H,17,18,19). The van der Waals surface area contributed by atoms with E-state index in [9.17, 15) is 0 Å². The van der Waals surface area contributed by atoms with Crippen molar-refractivity contribution in [2.45, 2.75) is 47.5 Å². The number of hydrogen-bond acceptors (Lipinski definition) is 4. The van der Waals surface area contributed by atoms with Crippen LogP contribution >= 0.6 is 0 Å². The molecule has 1 aromatic heterocycles. The van der Waals surface area contributed by atoms with E-state index in [4.69, 9.17) is 4.98 Å². The molecule has 0 bridgehead atoms. The van der Waals surface area contributed by atoms with Crippen LogP contribution in [0.1, 0.15) is 46.9 Å². The average molecular weight is 276 g/mol. The third kappa shape index (κ3) is 3.41. The van der Waals surface area contributed by atoms with E-state index in [1.54, 1.807) is 0 Å². The Hall–Kier alpha value is -1.32. The van der Waals surface area contributed by atoms with Crippen LogP contribution in [-0.4, -0.2) is 29.6 Å². The molecule has 4 nitrogen and oxygen atoms in total. The lowest BCUT2D eigenvalue weighted by molar-refractivity contribution is 0.263. The Labute approximate surface area is 123 Å². The molecule has 2 heterocycles. The van der Waals surface area contributed by atoms with Crippen LogP contribution in [0.15, 0.2) is 6.07 Å². The summed E-state index contributed by atoms with van der Waals surface area (Å²) >= 11 is 0. The van der Waals surface area contributed by atoms with E-state index >= 15 is 0 Å². The van der Waals surface area contributed by atoms with Gasteiger partial charge in [0.2, 0.25) is 0 Å². The molecule has 112 valence electrons. The summed E-state index contributed by atoms with van der Waals surface area (Å²) in [5.41, 5.74) is 0.375. The summed E-state index contributed by atoms with van der Waals surface area (Å²) in [7, 11) is 0. The van der Waals surface area contributed by atoms with Crippen LogP contribution < -0.4 is 10.2 Å². The fraction of sp³-hybridized carbons (Fsp3) is 0.750. The molecule has 0 aromatic carbocycles. The van der Waals surface area contributed by atoms with E-state index in [1.165, 1.54) is 6.42 Å². The molecule has 0 amide bonds. The molecule has 0 aliphatic carbocycles. The Kier molecular flexibility index (Phi) is 4.51. The van der Waals surface area contributed by atoms with Crippen LogP contribution in [0.2, 0.25) is 0 Å². The van der Waals surface area contributed by atoms with E-state index in [0.29, 0.717) is 5.41 Å². The Morgan fingerprint density at radius 3 is 2.60 bits per heavy atom. The minimum atomic E-state index is 0.375. The number of rotatable bonds is 4. The molecular formula is C16H28N4. The second-order valence-electron chi connectivity index (χ2n) is 6.71. The van der Waals surface area contributed by atoms with Crippen LogP contribution in [0.25, 0.3) is 0 Å². The zero-order valence-corrected chi connectivity index (χ0v) is 13.5. The average Bonchev–Trinajstić information content (AvgIpc) is 2.88. The molecule has 1 atom stereocenters. The Balaban J connectivity index is 2.18. The van der Waals surface area contributed by atoms with Gasteiger partial charge in [0, 0.05) is 32.1 Å². The van der Waals surface area contributed by atoms with E-state index in [1.807, 2.05) is 0 Å². The normalized spacial score (nSPS) is 19.4. The first kappa shape index (κ1) is 15.1. The van der Waals surface area contributed by atoms with Gasteiger partial charge in [-0.25, -0.2) is 9.97 Å². The molecule has 2 rings (SSSR count). The van der Waals surface area contributed by atoms with Crippen molar-refractivity contribution in [2.75, 3.05) is 29.9 Å². The predicted molar refractivity (Wildman–Crippen MR) is 85.3 cm³/mol. The molecule has 0 spiro atoms. The van der Waals surface area contributed by atoms with Crippen LogP contribution in [-0.2, 0) is 6.42 Å². The van der Waals surface area contributed by atoms with E-state index in [2.05, 4.69) is 55.9 Å². The third-order valence-electron chi connectivity index (χ3n) is 4.17. The SMILES string of the molecule is CCNc1cc(N2CCC(C(C)(C)C)C2)nc(CC)n1. The van der Waals surface area contributed by atoms with Crippen molar-refractivity contribution in [1.29, 1.82) is 0 Å². The predicted octanol–water partition coefficient (Wildman–Crippen LogP) is 3.34. The van der Waals surface area contributed by atoms with Gasteiger partial charge in [0.25, 0.3) is 0 Å². The molecule has 1 aromatic rings. The highest BCUT2D eigenvalue weighted by Gasteiger charge is 2.32. The fourth-order valence-corrected chi connectivity index (χ4v) is 2.75. The Morgan fingerprint density at radius 2 is 2.05 bits per heavy atom. The highest BCUT2D eigenvalue weighted by atomic mass is 15.2. The molecule has 1 saturated heterocycles. The number of aromatic nitrogens is 2. The van der Waals surface area contributed by atoms with Crippen LogP contribution in [0.3, 0.4) is 0 Å². The first-order chi connectivity index (χ1) is 9.44. The molecule has 0 saturated carbocycles. The van der Waals surface area contributed by atoms with Gasteiger partial charge in [0.15, 0.2) is 0 Å². The number of nitrogens with zero attached hydrogens (tertiary/aromatic N) is 3. The van der Waals surface area contributed by atoms with Gasteiger partial charge in [0.05, 0.1) is 0 Å². The summed E-state index contributed by atoms with van der Waals surface area (Å²) in [5.74, 6) is 3.70. The van der Waals surface area contributed by atoms with E-state index in [-0.39, 0.29) is 0 Å². The van der Waals surface area contributed by atoms with Crippen molar-refractivity contribution in [3.63, 3.8) is 0 Å². The lowest BCUT2D eigenvalue weighted by Gasteiger charge is -2.27. The van der Waals surface area contributed by atoms with Crippen molar-refractivity contribution >= 4 is 11.6 Å². The number of hydrogen-bond donors (Lipinski definition) is 1. The summed E-state index contributed by atoms with van der Waals surface area (Å²) in [4.78, 5) is 11.7. The summed E-state index contributed by atoms with van der Waals surface area (Å²) in [6.07, 6.45) is 2.13. The highest BCUT2D eigenvalue weighted by Crippen LogP contribution is 2.35. The fourth-order valence-electron chi connectivity index (χ4n) is 2.75. The summed E-state index contributed by atoms with van der Waals surface area (Å²) in [6, 6.07) is 2.09. The first-order valence-corrected chi connectivity index (χ1v) is 7.80. The zero-order valence-electron chi connectivity index (χ0n) is 13.5. The lowest BCUT2D eigenvalue weighted by Crippen LogP contribution is -2.26. The number of aryl methyl sites for hydroxylation is 1. The second kappa shape index (κ2) is 5.98. The summed E-state index contributed by atoms with van der Waals surface area (Å²) in [6.45, 7) is 14.3. The molecule has 1 fully saturated rings. The quantitative estimate of drug-likeness (QED) is 0.915. The Morgan fingerprint density at radius 1 is 1.30 bits per heavy atom. The maximum atomic E-state index is 4.71. The molecule has 1 N–H and O–H groups in total. The molecule has 0 radical (unpaired) electrons. The van der Waals surface area contributed by atoms with Crippen LogP contribution in [0, 0.1) is 11.3 Å². The number of nitrogens with one attached hydrogen (secondary N) is 1. The molecular weight excluding hydrogens is 248 g/mol. The van der Waals surface area contributed by atoms with Gasteiger partial charge in [-0.1, -0.05) is 27.7 Å². The van der Waals surface area contributed by atoms with Gasteiger partial charge in [-0.05, 0) is 24.7 Å². The topological polar surface area (TPSA) is 41.0 Å². The van der Waals surface area contributed by atoms with Crippen molar-refractivity contribution in [2.24, 2.45) is 11.3 Å². The molecule has 20 heavy (non-hydrogen) atoms. The van der Waals surface area contributed by atoms with Gasteiger partial charge in [-0.2, -0.15) is 0 Å². The second-order valence-corrected chi connectivity index (χ2v) is 6.71. The molecule has 1 unspecified atom stereocenters. The summed E-state index contributed by atoms with van der Waals surface area (Å²) in [5, 5.41) is 3.31. The zero-order chi connectivity index (χ0) is 14.8. The van der Waals surface area contributed by atoms with Gasteiger partial charge in [0.1, 0.15) is 17.5 Å².